The summed E-state index contributed by atoms with van der Waals surface area (Å²) in [4.78, 5) is 0. The van der Waals surface area contributed by atoms with Crippen molar-refractivity contribution in [1.82, 2.24) is 0 Å². The Morgan fingerprint density at radius 1 is 1.19 bits per heavy atom. The number of benzene rings is 1. The fraction of sp³-hybridized carbons (Fsp3) is 0.571. The van der Waals surface area contributed by atoms with Gasteiger partial charge in [0.25, 0.3) is 0 Å². The summed E-state index contributed by atoms with van der Waals surface area (Å²) in [6.07, 6.45) is 2.20. The van der Waals surface area contributed by atoms with E-state index < -0.39 is 0 Å². The number of ether oxygens (including phenoxy) is 1. The highest BCUT2D eigenvalue weighted by atomic mass is 16.5. The largest absolute Gasteiger partial charge is 0.377 e. The van der Waals surface area contributed by atoms with Crippen LogP contribution < -0.4 is 5.73 Å². The van der Waals surface area contributed by atoms with Crippen LogP contribution in [0.1, 0.15) is 32.3 Å². The van der Waals surface area contributed by atoms with E-state index in [4.69, 9.17) is 10.5 Å². The molecular weight excluding hydrogens is 198 g/mol. The molecule has 2 nitrogen and oxygen atoms in total. The molecule has 0 fully saturated rings. The molecule has 1 aromatic rings. The lowest BCUT2D eigenvalue weighted by Crippen LogP contribution is -2.23. The maximum Gasteiger partial charge on any atom is 0.0716 e. The monoisotopic (exact) mass is 221 g/mol. The van der Waals surface area contributed by atoms with E-state index in [2.05, 4.69) is 26.0 Å². The van der Waals surface area contributed by atoms with Gasteiger partial charge >= 0.3 is 0 Å². The number of nitrogens with two attached hydrogens (primary N) is 1. The molecule has 0 aliphatic heterocycles. The van der Waals surface area contributed by atoms with Gasteiger partial charge in [0.1, 0.15) is 0 Å². The smallest absolute Gasteiger partial charge is 0.0716 e. The minimum atomic E-state index is 0.246. The van der Waals surface area contributed by atoms with Gasteiger partial charge in [0.05, 0.1) is 6.61 Å². The van der Waals surface area contributed by atoms with Gasteiger partial charge in [-0.05, 0) is 30.4 Å². The predicted octanol–water partition coefficient (Wildman–Crippen LogP) is 2.97. The van der Waals surface area contributed by atoms with Gasteiger partial charge in [-0.15, -0.1) is 0 Å². The lowest BCUT2D eigenvalue weighted by atomic mass is 9.88. The quantitative estimate of drug-likeness (QED) is 0.718. The van der Waals surface area contributed by atoms with Crippen LogP contribution >= 0.6 is 0 Å². The van der Waals surface area contributed by atoms with Crippen molar-refractivity contribution in [2.75, 3.05) is 13.2 Å². The van der Waals surface area contributed by atoms with Crippen LogP contribution in [0.15, 0.2) is 30.3 Å². The standard InChI is InChI=1S/C14H23NO/c1-14(2,12-15)9-6-10-16-11-13-7-4-3-5-8-13/h3-5,7-8H,6,9-12,15H2,1-2H3. The van der Waals surface area contributed by atoms with Gasteiger partial charge in [-0.3, -0.25) is 0 Å². The molecule has 0 bridgehead atoms. The van der Waals surface area contributed by atoms with Crippen LogP contribution in [-0.2, 0) is 11.3 Å². The Labute approximate surface area is 98.8 Å². The van der Waals surface area contributed by atoms with Crippen molar-refractivity contribution in [3.8, 4) is 0 Å². The first-order valence-corrected chi connectivity index (χ1v) is 5.96. The minimum absolute atomic E-state index is 0.246. The molecule has 0 amide bonds. The van der Waals surface area contributed by atoms with Crippen LogP contribution in [0.5, 0.6) is 0 Å². The summed E-state index contributed by atoms with van der Waals surface area (Å²) in [5.41, 5.74) is 7.15. The molecule has 90 valence electrons. The van der Waals surface area contributed by atoms with E-state index in [1.54, 1.807) is 0 Å². The van der Waals surface area contributed by atoms with E-state index >= 15 is 0 Å². The molecule has 0 saturated carbocycles. The molecule has 1 aromatic carbocycles. The fourth-order valence-electron chi connectivity index (χ4n) is 1.52. The first-order chi connectivity index (χ1) is 7.64. The van der Waals surface area contributed by atoms with E-state index in [1.807, 2.05) is 18.2 Å². The van der Waals surface area contributed by atoms with E-state index in [0.717, 1.165) is 26.0 Å². The lowest BCUT2D eigenvalue weighted by molar-refractivity contribution is 0.109. The first-order valence-electron chi connectivity index (χ1n) is 5.96. The van der Waals surface area contributed by atoms with Crippen LogP contribution in [0.25, 0.3) is 0 Å². The molecule has 0 aliphatic carbocycles. The summed E-state index contributed by atoms with van der Waals surface area (Å²) in [6.45, 7) is 6.67. The first kappa shape index (κ1) is 13.2. The minimum Gasteiger partial charge on any atom is -0.377 e. The van der Waals surface area contributed by atoms with Crippen molar-refractivity contribution in [1.29, 1.82) is 0 Å². The number of hydrogen-bond acceptors (Lipinski definition) is 2. The third kappa shape index (κ3) is 5.29. The molecule has 0 heterocycles. The molecule has 16 heavy (non-hydrogen) atoms. The van der Waals surface area contributed by atoms with Crippen LogP contribution in [0.4, 0.5) is 0 Å². The van der Waals surface area contributed by atoms with Crippen molar-refractivity contribution < 1.29 is 4.74 Å². The van der Waals surface area contributed by atoms with Crippen LogP contribution in [0, 0.1) is 5.41 Å². The summed E-state index contributed by atoms with van der Waals surface area (Å²) in [6, 6.07) is 10.3. The second-order valence-electron chi connectivity index (χ2n) is 5.01. The second kappa shape index (κ2) is 6.66. The van der Waals surface area contributed by atoms with Gasteiger partial charge in [0.15, 0.2) is 0 Å². The topological polar surface area (TPSA) is 35.2 Å². The van der Waals surface area contributed by atoms with Crippen LogP contribution in [-0.4, -0.2) is 13.2 Å². The van der Waals surface area contributed by atoms with E-state index in [1.165, 1.54) is 5.56 Å². The zero-order chi connectivity index (χ0) is 11.9. The molecule has 2 heteroatoms. The molecule has 0 radical (unpaired) electrons. The molecule has 0 atom stereocenters. The van der Waals surface area contributed by atoms with E-state index in [0.29, 0.717) is 6.61 Å². The van der Waals surface area contributed by atoms with Gasteiger partial charge < -0.3 is 10.5 Å². The molecule has 2 N–H and O–H groups in total. The third-order valence-electron chi connectivity index (χ3n) is 2.81. The van der Waals surface area contributed by atoms with E-state index in [9.17, 15) is 0 Å². The zero-order valence-electron chi connectivity index (χ0n) is 10.4. The molecular formula is C14H23NO. The molecule has 0 saturated heterocycles. The Morgan fingerprint density at radius 3 is 2.50 bits per heavy atom. The van der Waals surface area contributed by atoms with E-state index in [-0.39, 0.29) is 5.41 Å². The van der Waals surface area contributed by atoms with Crippen molar-refractivity contribution in [2.45, 2.75) is 33.3 Å². The summed E-state index contributed by atoms with van der Waals surface area (Å²) >= 11 is 0. The SMILES string of the molecule is CC(C)(CN)CCCOCc1ccccc1. The van der Waals surface area contributed by atoms with Gasteiger partial charge in [0, 0.05) is 6.61 Å². The highest BCUT2D eigenvalue weighted by molar-refractivity contribution is 5.13. The average Bonchev–Trinajstić information content (AvgIpc) is 2.30. The molecule has 0 unspecified atom stereocenters. The summed E-state index contributed by atoms with van der Waals surface area (Å²) in [5, 5.41) is 0. The van der Waals surface area contributed by atoms with Crippen molar-refractivity contribution in [2.24, 2.45) is 11.1 Å². The zero-order valence-corrected chi connectivity index (χ0v) is 10.4. The van der Waals surface area contributed by atoms with Crippen LogP contribution in [0.3, 0.4) is 0 Å². The predicted molar refractivity (Wildman–Crippen MR) is 68.2 cm³/mol. The number of rotatable bonds is 7. The maximum atomic E-state index is 5.67. The molecule has 0 aromatic heterocycles. The summed E-state index contributed by atoms with van der Waals surface area (Å²) in [5.74, 6) is 0. The normalized spacial score (nSPS) is 11.7. The van der Waals surface area contributed by atoms with Gasteiger partial charge in [-0.2, -0.15) is 0 Å². The fourth-order valence-corrected chi connectivity index (χ4v) is 1.52. The Hall–Kier alpha value is -0.860. The summed E-state index contributed by atoms with van der Waals surface area (Å²) < 4.78 is 5.62. The van der Waals surface area contributed by atoms with Crippen molar-refractivity contribution >= 4 is 0 Å². The molecule has 0 spiro atoms. The second-order valence-corrected chi connectivity index (χ2v) is 5.01. The highest BCUT2D eigenvalue weighted by Gasteiger charge is 2.14. The van der Waals surface area contributed by atoms with Crippen molar-refractivity contribution in [3.63, 3.8) is 0 Å². The average molecular weight is 221 g/mol. The Morgan fingerprint density at radius 2 is 1.88 bits per heavy atom. The Bertz CT molecular complexity index is 282. The van der Waals surface area contributed by atoms with Gasteiger partial charge in [-0.1, -0.05) is 44.2 Å². The highest BCUT2D eigenvalue weighted by Crippen LogP contribution is 2.20. The summed E-state index contributed by atoms with van der Waals surface area (Å²) in [7, 11) is 0. The number of hydrogen-bond donors (Lipinski definition) is 1. The third-order valence-corrected chi connectivity index (χ3v) is 2.81. The Balaban J connectivity index is 2.09. The van der Waals surface area contributed by atoms with Crippen molar-refractivity contribution in [3.05, 3.63) is 35.9 Å². The molecule has 0 aliphatic rings. The van der Waals surface area contributed by atoms with Gasteiger partial charge in [-0.25, -0.2) is 0 Å². The lowest BCUT2D eigenvalue weighted by Gasteiger charge is -2.21. The van der Waals surface area contributed by atoms with Gasteiger partial charge in [0.2, 0.25) is 0 Å². The van der Waals surface area contributed by atoms with Crippen LogP contribution in [0.2, 0.25) is 0 Å². The maximum absolute atomic E-state index is 5.67. The molecule has 1 rings (SSSR count). The Kier molecular flexibility index (Phi) is 5.50.